The van der Waals surface area contributed by atoms with E-state index in [1.807, 2.05) is 0 Å². The average Bonchev–Trinajstić information content (AvgIpc) is 3.22. The monoisotopic (exact) mass is 458 g/mol. The Labute approximate surface area is 197 Å². The third kappa shape index (κ3) is 7.93. The standard InChI is InChI=1S/C29H53F3/c1-8-24(17-22(6)29(30,31)32)14-19(3)15-25(9-2)28-13-12-27(18-28)23(7)26-11-10-20(4)21(5)16-26/h19-28H,8-18H2,1-7H3. The smallest absolute Gasteiger partial charge is 0.171 e. The highest BCUT2D eigenvalue weighted by atomic mass is 19.4. The summed E-state index contributed by atoms with van der Waals surface area (Å²) in [5.41, 5.74) is 0. The highest BCUT2D eigenvalue weighted by molar-refractivity contribution is 4.88. The van der Waals surface area contributed by atoms with Crippen LogP contribution in [0.4, 0.5) is 13.2 Å². The number of alkyl halides is 3. The van der Waals surface area contributed by atoms with E-state index in [0.29, 0.717) is 12.3 Å². The maximum Gasteiger partial charge on any atom is 0.391 e. The Bertz CT molecular complexity index is 527. The third-order valence-electron chi connectivity index (χ3n) is 10.1. The Morgan fingerprint density at radius 2 is 1.31 bits per heavy atom. The van der Waals surface area contributed by atoms with E-state index in [2.05, 4.69) is 41.5 Å². The van der Waals surface area contributed by atoms with Crippen LogP contribution in [0.5, 0.6) is 0 Å². The van der Waals surface area contributed by atoms with Crippen LogP contribution < -0.4 is 0 Å². The maximum absolute atomic E-state index is 13.0. The largest absolute Gasteiger partial charge is 0.391 e. The molecule has 10 unspecified atom stereocenters. The van der Waals surface area contributed by atoms with Gasteiger partial charge in [0.15, 0.2) is 0 Å². The quantitative estimate of drug-likeness (QED) is 0.289. The summed E-state index contributed by atoms with van der Waals surface area (Å²) in [7, 11) is 0. The molecule has 10 atom stereocenters. The van der Waals surface area contributed by atoms with E-state index in [0.717, 1.165) is 54.3 Å². The SMILES string of the molecule is CCC(CC(C)CC(CC)C1CCC(C(C)C2CCC(C)C(C)C2)C1)CC(C)C(F)(F)F. The van der Waals surface area contributed by atoms with Gasteiger partial charge in [0, 0.05) is 0 Å². The van der Waals surface area contributed by atoms with Crippen molar-refractivity contribution in [1.82, 2.24) is 0 Å². The van der Waals surface area contributed by atoms with Gasteiger partial charge in [0.2, 0.25) is 0 Å². The summed E-state index contributed by atoms with van der Waals surface area (Å²) in [6.45, 7) is 15.5. The second-order valence-corrected chi connectivity index (χ2v) is 12.4. The van der Waals surface area contributed by atoms with E-state index in [1.54, 1.807) is 0 Å². The van der Waals surface area contributed by atoms with E-state index >= 15 is 0 Å². The van der Waals surface area contributed by atoms with E-state index in [-0.39, 0.29) is 5.92 Å². The summed E-state index contributed by atoms with van der Waals surface area (Å²) in [6, 6.07) is 0. The van der Waals surface area contributed by atoms with Gasteiger partial charge in [-0.25, -0.2) is 0 Å². The molecule has 0 aliphatic heterocycles. The molecule has 0 saturated heterocycles. The summed E-state index contributed by atoms with van der Waals surface area (Å²) in [4.78, 5) is 0. The van der Waals surface area contributed by atoms with Gasteiger partial charge in [-0.05, 0) is 105 Å². The first-order valence-corrected chi connectivity index (χ1v) is 14.0. The molecule has 32 heavy (non-hydrogen) atoms. The van der Waals surface area contributed by atoms with Crippen LogP contribution in [-0.4, -0.2) is 6.18 Å². The second-order valence-electron chi connectivity index (χ2n) is 12.4. The summed E-state index contributed by atoms with van der Waals surface area (Å²) in [6.07, 6.45) is 8.93. The minimum Gasteiger partial charge on any atom is -0.171 e. The predicted octanol–water partition coefficient (Wildman–Crippen LogP) is 10.2. The van der Waals surface area contributed by atoms with Crippen LogP contribution in [0.1, 0.15) is 119 Å². The Balaban J connectivity index is 1.84. The van der Waals surface area contributed by atoms with Gasteiger partial charge in [0.1, 0.15) is 0 Å². The summed E-state index contributed by atoms with van der Waals surface area (Å²) >= 11 is 0. The molecule has 2 aliphatic carbocycles. The van der Waals surface area contributed by atoms with Crippen molar-refractivity contribution in [2.75, 3.05) is 0 Å². The molecule has 0 heterocycles. The Kier molecular flexibility index (Phi) is 10.9. The van der Waals surface area contributed by atoms with Crippen molar-refractivity contribution in [2.24, 2.45) is 59.2 Å². The van der Waals surface area contributed by atoms with Crippen LogP contribution in [0.15, 0.2) is 0 Å². The summed E-state index contributed by atoms with van der Waals surface area (Å²) in [5.74, 6) is 5.59. The Morgan fingerprint density at radius 1 is 0.719 bits per heavy atom. The van der Waals surface area contributed by atoms with Gasteiger partial charge < -0.3 is 0 Å². The zero-order valence-corrected chi connectivity index (χ0v) is 22.2. The third-order valence-corrected chi connectivity index (χ3v) is 10.1. The molecule has 0 amide bonds. The molecular weight excluding hydrogens is 405 g/mol. The van der Waals surface area contributed by atoms with Crippen LogP contribution in [0.3, 0.4) is 0 Å². The van der Waals surface area contributed by atoms with Crippen LogP contribution in [0.25, 0.3) is 0 Å². The van der Waals surface area contributed by atoms with E-state index in [9.17, 15) is 13.2 Å². The van der Waals surface area contributed by atoms with E-state index in [1.165, 1.54) is 58.3 Å². The number of hydrogen-bond acceptors (Lipinski definition) is 0. The van der Waals surface area contributed by atoms with Crippen molar-refractivity contribution < 1.29 is 13.2 Å². The number of halogens is 3. The van der Waals surface area contributed by atoms with Crippen molar-refractivity contribution in [3.8, 4) is 0 Å². The fourth-order valence-electron chi connectivity index (χ4n) is 7.35. The normalized spacial score (nSPS) is 34.1. The Morgan fingerprint density at radius 3 is 1.88 bits per heavy atom. The van der Waals surface area contributed by atoms with Crippen molar-refractivity contribution in [3.63, 3.8) is 0 Å². The molecule has 0 aromatic heterocycles. The van der Waals surface area contributed by atoms with Crippen molar-refractivity contribution in [1.29, 1.82) is 0 Å². The van der Waals surface area contributed by atoms with Gasteiger partial charge in [-0.1, -0.05) is 67.7 Å². The number of hydrogen-bond donors (Lipinski definition) is 0. The zero-order valence-electron chi connectivity index (χ0n) is 22.2. The predicted molar refractivity (Wildman–Crippen MR) is 131 cm³/mol. The molecule has 3 heteroatoms. The molecule has 0 bridgehead atoms. The van der Waals surface area contributed by atoms with Crippen molar-refractivity contribution in [2.45, 2.75) is 125 Å². The first-order chi connectivity index (χ1) is 15.0. The lowest BCUT2D eigenvalue weighted by molar-refractivity contribution is -0.174. The molecule has 0 radical (unpaired) electrons. The lowest BCUT2D eigenvalue weighted by Gasteiger charge is -2.38. The van der Waals surface area contributed by atoms with Gasteiger partial charge in [0.05, 0.1) is 5.92 Å². The molecule has 0 nitrogen and oxygen atoms in total. The lowest BCUT2D eigenvalue weighted by Crippen LogP contribution is -2.28. The van der Waals surface area contributed by atoms with E-state index in [4.69, 9.17) is 0 Å². The molecule has 0 aromatic rings. The minimum absolute atomic E-state index is 0.200. The second kappa shape index (κ2) is 12.5. The molecule has 2 saturated carbocycles. The molecule has 2 aliphatic rings. The summed E-state index contributed by atoms with van der Waals surface area (Å²) in [5, 5.41) is 0. The van der Waals surface area contributed by atoms with Crippen LogP contribution in [-0.2, 0) is 0 Å². The van der Waals surface area contributed by atoms with E-state index < -0.39 is 12.1 Å². The average molecular weight is 459 g/mol. The molecule has 0 N–H and O–H groups in total. The van der Waals surface area contributed by atoms with Crippen molar-refractivity contribution in [3.05, 3.63) is 0 Å². The molecule has 190 valence electrons. The first-order valence-electron chi connectivity index (χ1n) is 14.0. The van der Waals surface area contributed by atoms with Crippen LogP contribution in [0, 0.1) is 59.2 Å². The van der Waals surface area contributed by atoms with Gasteiger partial charge in [-0.3, -0.25) is 0 Å². The molecule has 2 fully saturated rings. The van der Waals surface area contributed by atoms with Crippen molar-refractivity contribution >= 4 is 0 Å². The van der Waals surface area contributed by atoms with Gasteiger partial charge in [-0.2, -0.15) is 13.2 Å². The molecule has 2 rings (SSSR count). The fourth-order valence-corrected chi connectivity index (χ4v) is 7.35. The fraction of sp³-hybridized carbons (Fsp3) is 1.00. The van der Waals surface area contributed by atoms with Gasteiger partial charge in [-0.15, -0.1) is 0 Å². The van der Waals surface area contributed by atoms with Crippen LogP contribution >= 0.6 is 0 Å². The van der Waals surface area contributed by atoms with Crippen LogP contribution in [0.2, 0.25) is 0 Å². The minimum atomic E-state index is -4.05. The molecular formula is C29H53F3. The molecule has 0 spiro atoms. The topological polar surface area (TPSA) is 0 Å². The van der Waals surface area contributed by atoms with Gasteiger partial charge >= 0.3 is 6.18 Å². The van der Waals surface area contributed by atoms with Gasteiger partial charge in [0.25, 0.3) is 0 Å². The maximum atomic E-state index is 13.0. The molecule has 0 aromatic carbocycles. The highest BCUT2D eigenvalue weighted by Gasteiger charge is 2.39. The Hall–Kier alpha value is -0.210. The zero-order chi connectivity index (χ0) is 24.1. The number of rotatable bonds is 11. The summed E-state index contributed by atoms with van der Waals surface area (Å²) < 4.78 is 39.1. The first kappa shape index (κ1) is 28.0. The lowest BCUT2D eigenvalue weighted by atomic mass is 9.68. The highest BCUT2D eigenvalue weighted by Crippen LogP contribution is 2.48.